The second-order valence-electron chi connectivity index (χ2n) is 7.60. The van der Waals surface area contributed by atoms with Crippen LogP contribution in [0.2, 0.25) is 0 Å². The molecule has 4 nitrogen and oxygen atoms in total. The number of hydrogen-bond acceptors (Lipinski definition) is 4. The van der Waals surface area contributed by atoms with Crippen LogP contribution in [0.1, 0.15) is 59.0 Å². The second kappa shape index (κ2) is 8.21. The molecule has 0 spiro atoms. The average molecular weight is 415 g/mol. The lowest BCUT2D eigenvalue weighted by Crippen LogP contribution is -2.38. The molecule has 1 aromatic heterocycles. The summed E-state index contributed by atoms with van der Waals surface area (Å²) in [4.78, 5) is 16.1. The molecule has 0 bridgehead atoms. The van der Waals surface area contributed by atoms with E-state index in [0.29, 0.717) is 16.7 Å². The van der Waals surface area contributed by atoms with Crippen molar-refractivity contribution in [3.05, 3.63) is 45.8 Å². The number of nitrogens with one attached hydrogen (secondary N) is 1. The third-order valence-electron chi connectivity index (χ3n) is 5.71. The van der Waals surface area contributed by atoms with E-state index in [1.807, 2.05) is 6.07 Å². The SMILES string of the molecule is COC(=O)c1c(NC(=S)N2c3ccccc3CC2C)sc2c1CCCCCC2. The molecule has 6 heteroatoms. The summed E-state index contributed by atoms with van der Waals surface area (Å²) in [7, 11) is 1.45. The average Bonchev–Trinajstić information content (AvgIpc) is 3.17. The van der Waals surface area contributed by atoms with Crippen molar-refractivity contribution in [1.29, 1.82) is 0 Å². The van der Waals surface area contributed by atoms with Gasteiger partial charge >= 0.3 is 5.97 Å². The van der Waals surface area contributed by atoms with Gasteiger partial charge in [-0.15, -0.1) is 11.3 Å². The van der Waals surface area contributed by atoms with E-state index < -0.39 is 0 Å². The van der Waals surface area contributed by atoms with E-state index in [1.165, 1.54) is 36.8 Å². The van der Waals surface area contributed by atoms with E-state index in [-0.39, 0.29) is 5.97 Å². The highest BCUT2D eigenvalue weighted by Gasteiger charge is 2.31. The van der Waals surface area contributed by atoms with Crippen molar-refractivity contribution in [2.75, 3.05) is 17.3 Å². The molecule has 1 aromatic carbocycles. The molecule has 0 saturated carbocycles. The second-order valence-corrected chi connectivity index (χ2v) is 9.09. The number of carbonyl (C=O) groups excluding carboxylic acids is 1. The summed E-state index contributed by atoms with van der Waals surface area (Å²) in [5.41, 5.74) is 4.32. The number of hydrogen-bond donors (Lipinski definition) is 1. The summed E-state index contributed by atoms with van der Waals surface area (Å²) in [5, 5.41) is 4.90. The number of rotatable bonds is 2. The first-order valence-electron chi connectivity index (χ1n) is 10.0. The summed E-state index contributed by atoms with van der Waals surface area (Å²) in [6.07, 6.45) is 7.72. The molecule has 148 valence electrons. The van der Waals surface area contributed by atoms with Crippen LogP contribution in [0.3, 0.4) is 0 Å². The van der Waals surface area contributed by atoms with E-state index in [0.717, 1.165) is 41.9 Å². The molecular formula is C22H26N2O2S2. The summed E-state index contributed by atoms with van der Waals surface area (Å²) < 4.78 is 5.13. The zero-order chi connectivity index (χ0) is 19.7. The zero-order valence-electron chi connectivity index (χ0n) is 16.4. The maximum atomic E-state index is 12.6. The van der Waals surface area contributed by atoms with Crippen molar-refractivity contribution in [3.63, 3.8) is 0 Å². The number of thiocarbonyl (C=S) groups is 1. The zero-order valence-corrected chi connectivity index (χ0v) is 18.0. The third-order valence-corrected chi connectivity index (χ3v) is 7.21. The first-order chi connectivity index (χ1) is 13.6. The van der Waals surface area contributed by atoms with Crippen LogP contribution >= 0.6 is 23.6 Å². The van der Waals surface area contributed by atoms with E-state index in [4.69, 9.17) is 17.0 Å². The van der Waals surface area contributed by atoms with Crippen LogP contribution in [0.25, 0.3) is 0 Å². The van der Waals surface area contributed by atoms with E-state index in [1.54, 1.807) is 11.3 Å². The van der Waals surface area contributed by atoms with E-state index in [2.05, 4.69) is 35.3 Å². The number of aryl methyl sites for hydroxylation is 1. The molecule has 1 aliphatic heterocycles. The minimum absolute atomic E-state index is 0.266. The Morgan fingerprint density at radius 2 is 1.96 bits per heavy atom. The molecule has 1 unspecified atom stereocenters. The van der Waals surface area contributed by atoms with Gasteiger partial charge in [-0.05, 0) is 68.4 Å². The Kier molecular flexibility index (Phi) is 5.69. The number of anilines is 2. The van der Waals surface area contributed by atoms with Gasteiger partial charge < -0.3 is 15.0 Å². The van der Waals surface area contributed by atoms with Crippen LogP contribution in [0.4, 0.5) is 10.7 Å². The summed E-state index contributed by atoms with van der Waals surface area (Å²) >= 11 is 7.47. The Balaban J connectivity index is 1.67. The largest absolute Gasteiger partial charge is 0.465 e. The number of methoxy groups -OCH3 is 1. The van der Waals surface area contributed by atoms with Crippen molar-refractivity contribution in [2.45, 2.75) is 57.9 Å². The lowest BCUT2D eigenvalue weighted by Gasteiger charge is -2.26. The number of ether oxygens (including phenoxy) is 1. The van der Waals surface area contributed by atoms with Crippen molar-refractivity contribution in [2.24, 2.45) is 0 Å². The lowest BCUT2D eigenvalue weighted by molar-refractivity contribution is 0.0601. The maximum absolute atomic E-state index is 12.6. The Bertz CT molecular complexity index is 906. The predicted octanol–water partition coefficient (Wildman–Crippen LogP) is 5.34. The number of carbonyl (C=O) groups is 1. The third kappa shape index (κ3) is 3.55. The van der Waals surface area contributed by atoms with Gasteiger partial charge in [0.1, 0.15) is 5.00 Å². The molecule has 1 aliphatic carbocycles. The fourth-order valence-electron chi connectivity index (χ4n) is 4.36. The van der Waals surface area contributed by atoms with Crippen molar-refractivity contribution >= 4 is 45.3 Å². The molecule has 2 aliphatic rings. The normalized spacial score (nSPS) is 18.6. The minimum atomic E-state index is -0.266. The number of fused-ring (bicyclic) bond motifs is 2. The van der Waals surface area contributed by atoms with Crippen LogP contribution in [-0.4, -0.2) is 24.2 Å². The fraction of sp³-hybridized carbons (Fsp3) is 0.455. The van der Waals surface area contributed by atoms with Gasteiger partial charge in [-0.1, -0.05) is 31.0 Å². The van der Waals surface area contributed by atoms with E-state index >= 15 is 0 Å². The van der Waals surface area contributed by atoms with Gasteiger partial charge in [0.25, 0.3) is 0 Å². The first-order valence-corrected chi connectivity index (χ1v) is 11.2. The number of benzene rings is 1. The molecule has 1 atom stereocenters. The van der Waals surface area contributed by atoms with Gasteiger partial charge in [-0.3, -0.25) is 0 Å². The molecule has 2 aromatic rings. The summed E-state index contributed by atoms with van der Waals surface area (Å²) in [6, 6.07) is 8.68. The standard InChI is InChI=1S/C22H26N2O2S2/c1-14-13-15-9-7-8-11-17(15)24(14)22(27)23-20-19(21(25)26-2)16-10-5-3-4-6-12-18(16)28-20/h7-9,11,14H,3-6,10,12-13H2,1-2H3,(H,23,27). The van der Waals surface area contributed by atoms with Crippen LogP contribution in [0.15, 0.2) is 24.3 Å². The number of esters is 1. The molecule has 0 radical (unpaired) electrons. The Labute approximate surface area is 175 Å². The summed E-state index contributed by atoms with van der Waals surface area (Å²) in [6.45, 7) is 2.18. The van der Waals surface area contributed by atoms with E-state index in [9.17, 15) is 4.79 Å². The topological polar surface area (TPSA) is 41.6 Å². The summed E-state index contributed by atoms with van der Waals surface area (Å²) in [5.74, 6) is -0.266. The monoisotopic (exact) mass is 414 g/mol. The van der Waals surface area contributed by atoms with Crippen molar-refractivity contribution < 1.29 is 9.53 Å². The van der Waals surface area contributed by atoms with Gasteiger partial charge in [0.2, 0.25) is 0 Å². The van der Waals surface area contributed by atoms with Crippen LogP contribution in [0, 0.1) is 0 Å². The molecule has 2 heterocycles. The number of nitrogens with zero attached hydrogens (tertiary/aromatic N) is 1. The fourth-order valence-corrected chi connectivity index (χ4v) is 6.08. The minimum Gasteiger partial charge on any atom is -0.465 e. The Morgan fingerprint density at radius 3 is 2.75 bits per heavy atom. The highest BCUT2D eigenvalue weighted by Crippen LogP contribution is 2.39. The highest BCUT2D eigenvalue weighted by molar-refractivity contribution is 7.80. The van der Waals surface area contributed by atoms with Crippen LogP contribution in [-0.2, 0) is 24.0 Å². The molecule has 28 heavy (non-hydrogen) atoms. The van der Waals surface area contributed by atoms with Gasteiger partial charge in [0.05, 0.1) is 12.7 Å². The first kappa shape index (κ1) is 19.4. The number of thiophene rings is 1. The highest BCUT2D eigenvalue weighted by atomic mass is 32.1. The van der Waals surface area contributed by atoms with Gasteiger partial charge in [-0.2, -0.15) is 0 Å². The molecule has 0 amide bonds. The quantitative estimate of drug-likeness (QED) is 0.530. The maximum Gasteiger partial charge on any atom is 0.341 e. The van der Waals surface area contributed by atoms with Crippen LogP contribution in [0.5, 0.6) is 0 Å². The molecule has 4 rings (SSSR count). The molecular weight excluding hydrogens is 388 g/mol. The van der Waals surface area contributed by atoms with Gasteiger partial charge in [0, 0.05) is 16.6 Å². The van der Waals surface area contributed by atoms with Gasteiger partial charge in [0.15, 0.2) is 5.11 Å². The number of para-hydroxylation sites is 1. The smallest absolute Gasteiger partial charge is 0.341 e. The molecule has 0 saturated heterocycles. The van der Waals surface area contributed by atoms with Crippen LogP contribution < -0.4 is 10.2 Å². The van der Waals surface area contributed by atoms with Gasteiger partial charge in [-0.25, -0.2) is 4.79 Å². The lowest BCUT2D eigenvalue weighted by atomic mass is 9.96. The molecule has 0 fully saturated rings. The van der Waals surface area contributed by atoms with Crippen molar-refractivity contribution in [1.82, 2.24) is 0 Å². The Morgan fingerprint density at radius 1 is 1.21 bits per heavy atom. The molecule has 1 N–H and O–H groups in total. The Hall–Kier alpha value is -1.92. The predicted molar refractivity (Wildman–Crippen MR) is 120 cm³/mol. The van der Waals surface area contributed by atoms with Crippen molar-refractivity contribution in [3.8, 4) is 0 Å².